The average Bonchev–Trinajstić information content (AvgIpc) is 2.35. The van der Waals surface area contributed by atoms with E-state index in [1.165, 1.54) is 0 Å². The van der Waals surface area contributed by atoms with Gasteiger partial charge < -0.3 is 11.1 Å². The molecule has 0 radical (unpaired) electrons. The van der Waals surface area contributed by atoms with Gasteiger partial charge in [0, 0.05) is 17.3 Å². The van der Waals surface area contributed by atoms with E-state index in [4.69, 9.17) is 5.73 Å². The van der Waals surface area contributed by atoms with Crippen molar-refractivity contribution in [3.8, 4) is 0 Å². The number of hydrogen-bond acceptors (Lipinski definition) is 5. The van der Waals surface area contributed by atoms with Crippen LogP contribution in [0.3, 0.4) is 0 Å². The first-order valence-electron chi connectivity index (χ1n) is 5.43. The molecule has 0 aliphatic carbocycles. The number of hydrogen-bond donors (Lipinski definition) is 2. The van der Waals surface area contributed by atoms with E-state index >= 15 is 0 Å². The van der Waals surface area contributed by atoms with Crippen molar-refractivity contribution in [2.45, 2.75) is 16.8 Å². The summed E-state index contributed by atoms with van der Waals surface area (Å²) in [5.41, 5.74) is 7.39. The summed E-state index contributed by atoms with van der Waals surface area (Å²) in [6.45, 7) is 1.77. The highest BCUT2D eigenvalue weighted by molar-refractivity contribution is 7.99. The molecule has 0 atom stereocenters. The fourth-order valence-electron chi connectivity index (χ4n) is 1.70. The molecular formula is C12H11N5S. The van der Waals surface area contributed by atoms with Gasteiger partial charge in [0.1, 0.15) is 5.03 Å². The van der Waals surface area contributed by atoms with Gasteiger partial charge in [-0.05, 0) is 25.1 Å². The summed E-state index contributed by atoms with van der Waals surface area (Å²) in [7, 11) is 0. The zero-order chi connectivity index (χ0) is 12.5. The first kappa shape index (κ1) is 11.0. The topological polar surface area (TPSA) is 76.2 Å². The van der Waals surface area contributed by atoms with Crippen LogP contribution in [0.2, 0.25) is 0 Å². The SMILES string of the molecule is CC(N)=Nc1ccc2c(c1)Nc1nccnc1S2. The first-order valence-corrected chi connectivity index (χ1v) is 6.25. The molecule has 1 aliphatic heterocycles. The molecule has 0 saturated carbocycles. The van der Waals surface area contributed by atoms with Crippen LogP contribution in [0, 0.1) is 0 Å². The Kier molecular flexibility index (Phi) is 2.64. The zero-order valence-corrected chi connectivity index (χ0v) is 10.5. The minimum atomic E-state index is 0.540. The van der Waals surface area contributed by atoms with Crippen LogP contribution >= 0.6 is 11.8 Å². The lowest BCUT2D eigenvalue weighted by atomic mass is 10.2. The van der Waals surface area contributed by atoms with Gasteiger partial charge in [0.2, 0.25) is 0 Å². The largest absolute Gasteiger partial charge is 0.387 e. The molecule has 1 aliphatic rings. The molecule has 2 heterocycles. The van der Waals surface area contributed by atoms with Crippen LogP contribution in [0.1, 0.15) is 6.92 Å². The predicted octanol–water partition coefficient (Wildman–Crippen LogP) is 2.69. The minimum Gasteiger partial charge on any atom is -0.387 e. The van der Waals surface area contributed by atoms with Gasteiger partial charge in [0.25, 0.3) is 0 Å². The van der Waals surface area contributed by atoms with Crippen molar-refractivity contribution < 1.29 is 0 Å². The highest BCUT2D eigenvalue weighted by Gasteiger charge is 2.17. The third-order valence-corrected chi connectivity index (χ3v) is 3.46. The number of aromatic nitrogens is 2. The second kappa shape index (κ2) is 4.30. The highest BCUT2D eigenvalue weighted by Crippen LogP contribution is 2.42. The number of amidine groups is 1. The average molecular weight is 257 g/mol. The van der Waals surface area contributed by atoms with Crippen LogP contribution in [-0.2, 0) is 0 Å². The molecule has 18 heavy (non-hydrogen) atoms. The number of nitrogens with two attached hydrogens (primary N) is 1. The summed E-state index contributed by atoms with van der Waals surface area (Å²) < 4.78 is 0. The van der Waals surface area contributed by atoms with E-state index in [1.807, 2.05) is 18.2 Å². The van der Waals surface area contributed by atoms with Crippen molar-refractivity contribution in [2.24, 2.45) is 10.7 Å². The number of rotatable bonds is 1. The Morgan fingerprint density at radius 3 is 3.00 bits per heavy atom. The summed E-state index contributed by atoms with van der Waals surface area (Å²) in [5, 5.41) is 4.14. The van der Waals surface area contributed by atoms with Crippen LogP contribution in [-0.4, -0.2) is 15.8 Å². The molecule has 0 amide bonds. The standard InChI is InChI=1S/C12H11N5S/c1-7(13)16-8-2-3-10-9(6-8)17-11-12(18-10)15-5-4-14-11/h2-6H,1H3,(H2,13,16)(H,14,17). The van der Waals surface area contributed by atoms with E-state index in [0.29, 0.717) is 5.84 Å². The zero-order valence-electron chi connectivity index (χ0n) is 9.71. The third-order valence-electron chi connectivity index (χ3n) is 2.39. The maximum Gasteiger partial charge on any atom is 0.163 e. The molecule has 0 spiro atoms. The van der Waals surface area contributed by atoms with Crippen LogP contribution in [0.5, 0.6) is 0 Å². The molecule has 0 unspecified atom stereocenters. The van der Waals surface area contributed by atoms with Crippen molar-refractivity contribution in [3.05, 3.63) is 30.6 Å². The van der Waals surface area contributed by atoms with Gasteiger partial charge in [0.15, 0.2) is 5.82 Å². The normalized spacial score (nSPS) is 13.5. The second-order valence-corrected chi connectivity index (χ2v) is 4.90. The lowest BCUT2D eigenvalue weighted by molar-refractivity contribution is 1.05. The number of nitrogens with zero attached hydrogens (tertiary/aromatic N) is 3. The first-order chi connectivity index (χ1) is 8.72. The van der Waals surface area contributed by atoms with Crippen LogP contribution < -0.4 is 11.1 Å². The van der Waals surface area contributed by atoms with E-state index in [2.05, 4.69) is 20.3 Å². The quantitative estimate of drug-likeness (QED) is 0.518. The Labute approximate surface area is 109 Å². The minimum absolute atomic E-state index is 0.540. The summed E-state index contributed by atoms with van der Waals surface area (Å²) in [6.07, 6.45) is 3.36. The summed E-state index contributed by atoms with van der Waals surface area (Å²) in [4.78, 5) is 13.9. The fraction of sp³-hybridized carbons (Fsp3) is 0.0833. The molecule has 1 aromatic carbocycles. The maximum atomic E-state index is 5.58. The van der Waals surface area contributed by atoms with Gasteiger partial charge >= 0.3 is 0 Å². The summed E-state index contributed by atoms with van der Waals surface area (Å²) in [6, 6.07) is 5.90. The molecule has 0 bridgehead atoms. The monoisotopic (exact) mass is 257 g/mol. The molecule has 5 nitrogen and oxygen atoms in total. The predicted molar refractivity (Wildman–Crippen MR) is 72.8 cm³/mol. The Morgan fingerprint density at radius 1 is 1.33 bits per heavy atom. The van der Waals surface area contributed by atoms with Crippen molar-refractivity contribution in [3.63, 3.8) is 0 Å². The molecule has 3 N–H and O–H groups in total. The Bertz CT molecular complexity index is 634. The van der Waals surface area contributed by atoms with Gasteiger partial charge in [-0.1, -0.05) is 11.8 Å². The smallest absolute Gasteiger partial charge is 0.163 e. The third kappa shape index (κ3) is 2.02. The summed E-state index contributed by atoms with van der Waals surface area (Å²) >= 11 is 1.59. The van der Waals surface area contributed by atoms with Crippen molar-refractivity contribution in [1.29, 1.82) is 0 Å². The Balaban J connectivity index is 2.01. The lowest BCUT2D eigenvalue weighted by Crippen LogP contribution is -2.05. The van der Waals surface area contributed by atoms with E-state index < -0.39 is 0 Å². The molecular weight excluding hydrogens is 246 g/mol. The molecule has 3 rings (SSSR count). The van der Waals surface area contributed by atoms with Gasteiger partial charge in [-0.3, -0.25) is 0 Å². The maximum absolute atomic E-state index is 5.58. The van der Waals surface area contributed by atoms with Gasteiger partial charge in [-0.25, -0.2) is 15.0 Å². The van der Waals surface area contributed by atoms with Crippen LogP contribution in [0.4, 0.5) is 17.2 Å². The molecule has 0 fully saturated rings. The fourth-order valence-corrected chi connectivity index (χ4v) is 2.57. The van der Waals surface area contributed by atoms with Crippen LogP contribution in [0.25, 0.3) is 0 Å². The Hall–Kier alpha value is -2.08. The van der Waals surface area contributed by atoms with E-state index in [0.717, 1.165) is 27.1 Å². The molecule has 1 aromatic heterocycles. The van der Waals surface area contributed by atoms with Gasteiger partial charge in [0.05, 0.1) is 17.2 Å². The number of benzene rings is 1. The Morgan fingerprint density at radius 2 is 2.17 bits per heavy atom. The molecule has 90 valence electrons. The lowest BCUT2D eigenvalue weighted by Gasteiger charge is -2.18. The van der Waals surface area contributed by atoms with Gasteiger partial charge in [-0.2, -0.15) is 0 Å². The van der Waals surface area contributed by atoms with E-state index in [1.54, 1.807) is 31.1 Å². The second-order valence-electron chi connectivity index (χ2n) is 3.87. The number of nitrogens with one attached hydrogen (secondary N) is 1. The summed E-state index contributed by atoms with van der Waals surface area (Å²) in [5.74, 6) is 1.32. The highest BCUT2D eigenvalue weighted by atomic mass is 32.2. The molecule has 6 heteroatoms. The van der Waals surface area contributed by atoms with Crippen molar-refractivity contribution >= 4 is 34.8 Å². The molecule has 2 aromatic rings. The van der Waals surface area contributed by atoms with E-state index in [9.17, 15) is 0 Å². The van der Waals surface area contributed by atoms with Crippen molar-refractivity contribution in [1.82, 2.24) is 9.97 Å². The number of aliphatic imine (C=N–C) groups is 1. The van der Waals surface area contributed by atoms with E-state index in [-0.39, 0.29) is 0 Å². The van der Waals surface area contributed by atoms with Crippen LogP contribution in [0.15, 0.2) is 45.5 Å². The number of fused-ring (bicyclic) bond motifs is 2. The molecule has 0 saturated heterocycles. The number of anilines is 2. The van der Waals surface area contributed by atoms with Crippen molar-refractivity contribution in [2.75, 3.05) is 5.32 Å². The van der Waals surface area contributed by atoms with Gasteiger partial charge in [-0.15, -0.1) is 0 Å².